The second-order valence-electron chi connectivity index (χ2n) is 6.60. The third-order valence-electron chi connectivity index (χ3n) is 3.41. The molecule has 7 heteroatoms. The molecule has 1 aromatic rings. The second-order valence-corrected chi connectivity index (χ2v) is 7.65. The van der Waals surface area contributed by atoms with Crippen LogP contribution in [-0.2, 0) is 9.59 Å². The Kier molecular flexibility index (Phi) is 6.95. The molecule has 0 radical (unpaired) electrons. The lowest BCUT2D eigenvalue weighted by Gasteiger charge is -2.20. The Morgan fingerprint density at radius 1 is 1.21 bits per heavy atom. The molecule has 0 bridgehead atoms. The van der Waals surface area contributed by atoms with Gasteiger partial charge >= 0.3 is 0 Å². The quantitative estimate of drug-likeness (QED) is 0.825. The number of nitrogens with zero attached hydrogens (tertiary/aromatic N) is 1. The summed E-state index contributed by atoms with van der Waals surface area (Å²) in [6, 6.07) is 1.79. The summed E-state index contributed by atoms with van der Waals surface area (Å²) in [7, 11) is 0. The molecule has 3 amide bonds. The number of rotatable bonds is 6. The lowest BCUT2D eigenvalue weighted by Crippen LogP contribution is -2.40. The number of carbonyl (C=O) groups is 3. The highest BCUT2D eigenvalue weighted by Crippen LogP contribution is 2.29. The molecular formula is C17H27N3O3S. The molecule has 0 spiro atoms. The van der Waals surface area contributed by atoms with Crippen LogP contribution in [0.15, 0.2) is 6.07 Å². The fraction of sp³-hybridized carbons (Fsp3) is 0.588. The predicted octanol–water partition coefficient (Wildman–Crippen LogP) is 2.64. The SMILES string of the molecule is CCNC(=O)CN(CC)C(=O)c1sc(NC(=O)C(C)(C)C)cc1C. The number of thiophene rings is 1. The van der Waals surface area contributed by atoms with Crippen molar-refractivity contribution in [2.24, 2.45) is 5.41 Å². The third kappa shape index (κ3) is 5.33. The topological polar surface area (TPSA) is 78.5 Å². The van der Waals surface area contributed by atoms with Crippen LogP contribution in [-0.4, -0.2) is 42.3 Å². The van der Waals surface area contributed by atoms with Gasteiger partial charge in [-0.25, -0.2) is 0 Å². The highest BCUT2D eigenvalue weighted by Gasteiger charge is 2.24. The van der Waals surface area contributed by atoms with Crippen LogP contribution in [0.1, 0.15) is 49.9 Å². The van der Waals surface area contributed by atoms with E-state index in [9.17, 15) is 14.4 Å². The fourth-order valence-electron chi connectivity index (χ4n) is 1.95. The van der Waals surface area contributed by atoms with Crippen LogP contribution in [0.2, 0.25) is 0 Å². The summed E-state index contributed by atoms with van der Waals surface area (Å²) in [6.07, 6.45) is 0. The molecule has 1 aromatic heterocycles. The van der Waals surface area contributed by atoms with E-state index in [1.807, 2.05) is 41.5 Å². The Hall–Kier alpha value is -1.89. The van der Waals surface area contributed by atoms with E-state index in [1.165, 1.54) is 16.2 Å². The standard InChI is InChI=1S/C17H27N3O3S/c1-7-18-12(21)10-20(8-2)15(22)14-11(3)9-13(24-14)19-16(23)17(4,5)6/h9H,7-8,10H2,1-6H3,(H,18,21)(H,19,23). The van der Waals surface area contributed by atoms with Crippen LogP contribution in [0.25, 0.3) is 0 Å². The number of likely N-dealkylation sites (N-methyl/N-ethyl adjacent to an activating group) is 2. The number of amides is 3. The largest absolute Gasteiger partial charge is 0.355 e. The first kappa shape index (κ1) is 20.2. The summed E-state index contributed by atoms with van der Waals surface area (Å²) in [4.78, 5) is 38.5. The molecule has 0 aliphatic rings. The molecule has 0 saturated carbocycles. The van der Waals surface area contributed by atoms with Crippen LogP contribution in [0.4, 0.5) is 5.00 Å². The van der Waals surface area contributed by atoms with Gasteiger partial charge in [0.25, 0.3) is 5.91 Å². The van der Waals surface area contributed by atoms with Gasteiger partial charge in [0.1, 0.15) is 0 Å². The van der Waals surface area contributed by atoms with E-state index in [4.69, 9.17) is 0 Å². The minimum absolute atomic E-state index is 0.0319. The summed E-state index contributed by atoms with van der Waals surface area (Å²) in [6.45, 7) is 12.0. The molecule has 0 aromatic carbocycles. The smallest absolute Gasteiger partial charge is 0.264 e. The first-order valence-electron chi connectivity index (χ1n) is 8.08. The Bertz CT molecular complexity index is 617. The van der Waals surface area contributed by atoms with Crippen LogP contribution in [0.5, 0.6) is 0 Å². The lowest BCUT2D eigenvalue weighted by molar-refractivity contribution is -0.123. The fourth-order valence-corrected chi connectivity index (χ4v) is 2.99. The van der Waals surface area contributed by atoms with E-state index >= 15 is 0 Å². The van der Waals surface area contributed by atoms with E-state index < -0.39 is 5.41 Å². The molecule has 0 saturated heterocycles. The van der Waals surface area contributed by atoms with Crippen molar-refractivity contribution < 1.29 is 14.4 Å². The van der Waals surface area contributed by atoms with Crippen LogP contribution in [0, 0.1) is 12.3 Å². The van der Waals surface area contributed by atoms with Gasteiger partial charge in [-0.3, -0.25) is 14.4 Å². The average Bonchev–Trinajstić information content (AvgIpc) is 2.84. The zero-order chi connectivity index (χ0) is 18.5. The predicted molar refractivity (Wildman–Crippen MR) is 97.4 cm³/mol. The first-order valence-corrected chi connectivity index (χ1v) is 8.89. The Morgan fingerprint density at radius 3 is 2.33 bits per heavy atom. The zero-order valence-corrected chi connectivity index (χ0v) is 16.1. The highest BCUT2D eigenvalue weighted by atomic mass is 32.1. The first-order chi connectivity index (χ1) is 11.1. The normalized spacial score (nSPS) is 11.1. The second kappa shape index (κ2) is 8.28. The average molecular weight is 353 g/mol. The molecule has 6 nitrogen and oxygen atoms in total. The van der Waals surface area contributed by atoms with Crippen molar-refractivity contribution >= 4 is 34.1 Å². The van der Waals surface area contributed by atoms with Crippen LogP contribution >= 0.6 is 11.3 Å². The van der Waals surface area contributed by atoms with Crippen molar-refractivity contribution in [1.29, 1.82) is 0 Å². The van der Waals surface area contributed by atoms with Crippen molar-refractivity contribution in [2.75, 3.05) is 25.0 Å². The number of hydrogen-bond donors (Lipinski definition) is 2. The number of nitrogens with one attached hydrogen (secondary N) is 2. The summed E-state index contributed by atoms with van der Waals surface area (Å²) in [5.74, 6) is -0.469. The highest BCUT2D eigenvalue weighted by molar-refractivity contribution is 7.18. The van der Waals surface area contributed by atoms with Crippen LogP contribution < -0.4 is 10.6 Å². The maximum atomic E-state index is 12.7. The van der Waals surface area contributed by atoms with Crippen LogP contribution in [0.3, 0.4) is 0 Å². The Labute approximate surface area is 147 Å². The molecule has 0 unspecified atom stereocenters. The van der Waals surface area contributed by atoms with E-state index in [0.717, 1.165) is 5.56 Å². The monoisotopic (exact) mass is 353 g/mol. The van der Waals surface area contributed by atoms with Gasteiger partial charge in [0.15, 0.2) is 0 Å². The van der Waals surface area contributed by atoms with Gasteiger partial charge in [0.05, 0.1) is 16.4 Å². The molecular weight excluding hydrogens is 326 g/mol. The number of carbonyl (C=O) groups excluding carboxylic acids is 3. The van der Waals surface area contributed by atoms with E-state index in [1.54, 1.807) is 6.07 Å². The summed E-state index contributed by atoms with van der Waals surface area (Å²) in [5.41, 5.74) is 0.291. The molecule has 1 rings (SSSR count). The van der Waals surface area contributed by atoms with Crippen molar-refractivity contribution in [3.8, 4) is 0 Å². The minimum atomic E-state index is -0.504. The summed E-state index contributed by atoms with van der Waals surface area (Å²) >= 11 is 1.24. The van der Waals surface area contributed by atoms with Gasteiger partial charge in [-0.15, -0.1) is 11.3 Å². The molecule has 0 fully saturated rings. The van der Waals surface area contributed by atoms with E-state index in [0.29, 0.717) is 23.0 Å². The molecule has 24 heavy (non-hydrogen) atoms. The van der Waals surface area contributed by atoms with Gasteiger partial charge in [-0.05, 0) is 32.4 Å². The van der Waals surface area contributed by atoms with E-state index in [2.05, 4.69) is 10.6 Å². The molecule has 2 N–H and O–H groups in total. The molecule has 0 aliphatic carbocycles. The maximum Gasteiger partial charge on any atom is 0.264 e. The number of hydrogen-bond acceptors (Lipinski definition) is 4. The summed E-state index contributed by atoms with van der Waals surface area (Å²) in [5, 5.41) is 6.18. The van der Waals surface area contributed by atoms with Crippen molar-refractivity contribution in [3.63, 3.8) is 0 Å². The minimum Gasteiger partial charge on any atom is -0.355 e. The molecule has 134 valence electrons. The van der Waals surface area contributed by atoms with Crippen molar-refractivity contribution in [3.05, 3.63) is 16.5 Å². The number of anilines is 1. The maximum absolute atomic E-state index is 12.7. The Morgan fingerprint density at radius 2 is 1.83 bits per heavy atom. The van der Waals surface area contributed by atoms with Crippen molar-refractivity contribution in [1.82, 2.24) is 10.2 Å². The van der Waals surface area contributed by atoms with Crippen molar-refractivity contribution in [2.45, 2.75) is 41.5 Å². The molecule has 0 atom stereocenters. The van der Waals surface area contributed by atoms with Gasteiger partial charge in [0.2, 0.25) is 11.8 Å². The Balaban J connectivity index is 2.91. The molecule has 1 heterocycles. The number of aryl methyl sites for hydroxylation is 1. The zero-order valence-electron chi connectivity index (χ0n) is 15.3. The summed E-state index contributed by atoms with van der Waals surface area (Å²) < 4.78 is 0. The van der Waals surface area contributed by atoms with Gasteiger partial charge in [0, 0.05) is 18.5 Å². The van der Waals surface area contributed by atoms with Gasteiger partial charge < -0.3 is 15.5 Å². The third-order valence-corrected chi connectivity index (χ3v) is 4.55. The van der Waals surface area contributed by atoms with E-state index in [-0.39, 0.29) is 24.3 Å². The molecule has 0 aliphatic heterocycles. The van der Waals surface area contributed by atoms with Gasteiger partial charge in [-0.1, -0.05) is 20.8 Å². The lowest BCUT2D eigenvalue weighted by atomic mass is 9.96. The van der Waals surface area contributed by atoms with Gasteiger partial charge in [-0.2, -0.15) is 0 Å².